The van der Waals surface area contributed by atoms with E-state index in [1.807, 2.05) is 4.90 Å². The third-order valence-electron chi connectivity index (χ3n) is 6.91. The number of carbonyl (C=O) groups is 1. The van der Waals surface area contributed by atoms with Gasteiger partial charge in [-0.2, -0.15) is 0 Å². The van der Waals surface area contributed by atoms with Crippen molar-refractivity contribution in [2.75, 3.05) is 31.1 Å². The standard InChI is InChI=1S/C22H33N3O/c1-3-24-13-11-22(12-14-24)16-25(20-10-9-17(2)15-19(20)22)21(26)23-18-7-5-4-6-8-18/h9-10,15,18H,3-8,11-14,16H2,1-2H3,(H,23,26). The first-order valence-corrected chi connectivity index (χ1v) is 10.5. The number of hydrogen-bond donors (Lipinski definition) is 1. The Morgan fingerprint density at radius 1 is 1.19 bits per heavy atom. The van der Waals surface area contributed by atoms with Crippen LogP contribution in [0.25, 0.3) is 0 Å². The van der Waals surface area contributed by atoms with E-state index < -0.39 is 0 Å². The van der Waals surface area contributed by atoms with Gasteiger partial charge in [-0.05, 0) is 63.9 Å². The highest BCUT2D eigenvalue weighted by Crippen LogP contribution is 2.47. The summed E-state index contributed by atoms with van der Waals surface area (Å²) in [6.07, 6.45) is 8.40. The summed E-state index contributed by atoms with van der Waals surface area (Å²) in [5, 5.41) is 3.33. The third-order valence-corrected chi connectivity index (χ3v) is 6.91. The molecule has 2 aliphatic heterocycles. The molecule has 142 valence electrons. The molecule has 1 spiro atoms. The van der Waals surface area contributed by atoms with Crippen LogP contribution in [-0.2, 0) is 5.41 Å². The summed E-state index contributed by atoms with van der Waals surface area (Å²) in [6, 6.07) is 7.15. The number of rotatable bonds is 2. The summed E-state index contributed by atoms with van der Waals surface area (Å²) < 4.78 is 0. The predicted octanol–water partition coefficient (Wildman–Crippen LogP) is 4.21. The molecule has 2 amide bonds. The van der Waals surface area contributed by atoms with E-state index in [4.69, 9.17) is 0 Å². The highest BCUT2D eigenvalue weighted by molar-refractivity contribution is 5.95. The fourth-order valence-corrected chi connectivity index (χ4v) is 5.19. The fraction of sp³-hybridized carbons (Fsp3) is 0.682. The molecule has 1 saturated carbocycles. The van der Waals surface area contributed by atoms with Crippen molar-refractivity contribution in [3.8, 4) is 0 Å². The van der Waals surface area contributed by atoms with Gasteiger partial charge in [-0.1, -0.05) is 43.9 Å². The van der Waals surface area contributed by atoms with E-state index in [0.717, 1.165) is 57.5 Å². The predicted molar refractivity (Wildman–Crippen MR) is 107 cm³/mol. The Morgan fingerprint density at radius 3 is 2.62 bits per heavy atom. The van der Waals surface area contributed by atoms with Gasteiger partial charge in [-0.15, -0.1) is 0 Å². The molecule has 4 heteroatoms. The van der Waals surface area contributed by atoms with Crippen LogP contribution in [-0.4, -0.2) is 43.2 Å². The maximum atomic E-state index is 13.1. The number of amides is 2. The molecule has 1 saturated heterocycles. The number of nitrogens with zero attached hydrogens (tertiary/aromatic N) is 2. The second-order valence-electron chi connectivity index (χ2n) is 8.61. The number of urea groups is 1. The highest BCUT2D eigenvalue weighted by atomic mass is 16.2. The maximum Gasteiger partial charge on any atom is 0.322 e. The van der Waals surface area contributed by atoms with Gasteiger partial charge in [0, 0.05) is 23.7 Å². The molecule has 1 aromatic carbocycles. The number of nitrogens with one attached hydrogen (secondary N) is 1. The monoisotopic (exact) mass is 355 g/mol. The minimum atomic E-state index is 0.122. The molecule has 4 rings (SSSR count). The van der Waals surface area contributed by atoms with Crippen molar-refractivity contribution in [3.05, 3.63) is 29.3 Å². The number of fused-ring (bicyclic) bond motifs is 2. The SMILES string of the molecule is CCN1CCC2(CC1)CN(C(=O)NC1CCCCC1)c1ccc(C)cc12. The van der Waals surface area contributed by atoms with E-state index in [1.165, 1.54) is 30.4 Å². The molecule has 1 N–H and O–H groups in total. The summed E-state index contributed by atoms with van der Waals surface area (Å²) in [5.41, 5.74) is 4.01. The largest absolute Gasteiger partial charge is 0.335 e. The van der Waals surface area contributed by atoms with Crippen molar-refractivity contribution in [1.82, 2.24) is 10.2 Å². The van der Waals surface area contributed by atoms with E-state index in [1.54, 1.807) is 0 Å². The number of benzene rings is 1. The molecule has 1 aliphatic carbocycles. The summed E-state index contributed by atoms with van der Waals surface area (Å²) in [5.74, 6) is 0. The minimum Gasteiger partial charge on any atom is -0.335 e. The minimum absolute atomic E-state index is 0.122. The van der Waals surface area contributed by atoms with Crippen LogP contribution in [0.15, 0.2) is 18.2 Å². The average Bonchev–Trinajstić information content (AvgIpc) is 2.97. The van der Waals surface area contributed by atoms with Gasteiger partial charge in [0.15, 0.2) is 0 Å². The van der Waals surface area contributed by atoms with Gasteiger partial charge >= 0.3 is 6.03 Å². The van der Waals surface area contributed by atoms with Gasteiger partial charge < -0.3 is 10.2 Å². The quantitative estimate of drug-likeness (QED) is 0.862. The maximum absolute atomic E-state index is 13.1. The van der Waals surface area contributed by atoms with Crippen LogP contribution in [0, 0.1) is 6.92 Å². The molecule has 0 aromatic heterocycles. The van der Waals surface area contributed by atoms with Crippen LogP contribution in [0.3, 0.4) is 0 Å². The summed E-state index contributed by atoms with van der Waals surface area (Å²) >= 11 is 0. The van der Waals surface area contributed by atoms with Crippen LogP contribution in [0.5, 0.6) is 0 Å². The number of aryl methyl sites for hydroxylation is 1. The van der Waals surface area contributed by atoms with Crippen LogP contribution < -0.4 is 10.2 Å². The van der Waals surface area contributed by atoms with Gasteiger partial charge in [-0.25, -0.2) is 4.79 Å². The van der Waals surface area contributed by atoms with Crippen molar-refractivity contribution in [1.29, 1.82) is 0 Å². The van der Waals surface area contributed by atoms with E-state index in [2.05, 4.69) is 42.3 Å². The summed E-state index contributed by atoms with van der Waals surface area (Å²) in [6.45, 7) is 8.67. The molecular formula is C22H33N3O. The third kappa shape index (κ3) is 3.24. The van der Waals surface area contributed by atoms with Crippen molar-refractivity contribution in [2.24, 2.45) is 0 Å². The first kappa shape index (κ1) is 17.8. The second kappa shape index (κ2) is 7.22. The lowest BCUT2D eigenvalue weighted by Gasteiger charge is -2.39. The lowest BCUT2D eigenvalue weighted by atomic mass is 9.74. The molecule has 4 nitrogen and oxygen atoms in total. The molecule has 2 fully saturated rings. The van der Waals surface area contributed by atoms with Gasteiger partial charge in [0.1, 0.15) is 0 Å². The van der Waals surface area contributed by atoms with E-state index in [-0.39, 0.29) is 11.4 Å². The molecule has 0 bridgehead atoms. The zero-order valence-electron chi connectivity index (χ0n) is 16.4. The Morgan fingerprint density at radius 2 is 1.92 bits per heavy atom. The number of hydrogen-bond acceptors (Lipinski definition) is 2. The number of carbonyl (C=O) groups excluding carboxylic acids is 1. The average molecular weight is 356 g/mol. The van der Waals surface area contributed by atoms with Gasteiger partial charge in [-0.3, -0.25) is 4.90 Å². The van der Waals surface area contributed by atoms with Crippen LogP contribution in [0.2, 0.25) is 0 Å². The molecular weight excluding hydrogens is 322 g/mol. The van der Waals surface area contributed by atoms with Crippen molar-refractivity contribution in [2.45, 2.75) is 70.3 Å². The number of likely N-dealkylation sites (tertiary alicyclic amines) is 1. The van der Waals surface area contributed by atoms with Gasteiger partial charge in [0.25, 0.3) is 0 Å². The summed E-state index contributed by atoms with van der Waals surface area (Å²) in [4.78, 5) is 17.7. The first-order valence-electron chi connectivity index (χ1n) is 10.5. The van der Waals surface area contributed by atoms with E-state index in [9.17, 15) is 4.79 Å². The Hall–Kier alpha value is -1.55. The lowest BCUT2D eigenvalue weighted by Crippen LogP contribution is -2.49. The first-order chi connectivity index (χ1) is 12.6. The second-order valence-corrected chi connectivity index (χ2v) is 8.61. The lowest BCUT2D eigenvalue weighted by molar-refractivity contribution is 0.172. The Labute approximate surface area is 157 Å². The number of piperidine rings is 1. The van der Waals surface area contributed by atoms with Crippen LogP contribution >= 0.6 is 0 Å². The Balaban J connectivity index is 1.57. The zero-order chi connectivity index (χ0) is 18.1. The molecule has 3 aliphatic rings. The van der Waals surface area contributed by atoms with Gasteiger partial charge in [0.05, 0.1) is 0 Å². The van der Waals surface area contributed by atoms with E-state index >= 15 is 0 Å². The van der Waals surface area contributed by atoms with Crippen molar-refractivity contribution >= 4 is 11.7 Å². The zero-order valence-corrected chi connectivity index (χ0v) is 16.4. The molecule has 1 aromatic rings. The topological polar surface area (TPSA) is 35.6 Å². The van der Waals surface area contributed by atoms with Crippen molar-refractivity contribution in [3.63, 3.8) is 0 Å². The fourth-order valence-electron chi connectivity index (χ4n) is 5.19. The summed E-state index contributed by atoms with van der Waals surface area (Å²) in [7, 11) is 0. The molecule has 0 radical (unpaired) electrons. The van der Waals surface area contributed by atoms with Crippen LogP contribution in [0.4, 0.5) is 10.5 Å². The molecule has 2 heterocycles. The molecule has 26 heavy (non-hydrogen) atoms. The van der Waals surface area contributed by atoms with Crippen LogP contribution in [0.1, 0.15) is 63.0 Å². The Bertz CT molecular complexity index is 657. The smallest absolute Gasteiger partial charge is 0.322 e. The highest BCUT2D eigenvalue weighted by Gasteiger charge is 2.46. The molecule has 0 atom stereocenters. The Kier molecular flexibility index (Phi) is 4.96. The molecule has 0 unspecified atom stereocenters. The number of anilines is 1. The van der Waals surface area contributed by atoms with Crippen molar-refractivity contribution < 1.29 is 4.79 Å². The normalized spacial score (nSPS) is 23.2. The van der Waals surface area contributed by atoms with E-state index in [0.29, 0.717) is 6.04 Å². The van der Waals surface area contributed by atoms with Gasteiger partial charge in [0.2, 0.25) is 0 Å².